The minimum atomic E-state index is -1.72. The van der Waals surface area contributed by atoms with Crippen molar-refractivity contribution in [3.63, 3.8) is 0 Å². The summed E-state index contributed by atoms with van der Waals surface area (Å²) in [6, 6.07) is 24.6. The minimum Gasteiger partial charge on any atom is -0.497 e. The summed E-state index contributed by atoms with van der Waals surface area (Å²) < 4.78 is 16.7. The topological polar surface area (TPSA) is 94.5 Å². The normalized spacial score (nSPS) is 20.9. The standard InChI is InChI=1S/C35H28N2O6/c1-41-22-14-12-20(13-15-22)31(38)30-29(27-18-23(42-2)16-17-28(27)43-3)35(33(39)25-10-6-7-11-26(25)34(35)40)32-24-9-5-4-8-21(24)19-36-37(30)32/h4-19,29-30,32H,1-3H3/t29-,30+,32?/m0/s1. The fourth-order valence-electron chi connectivity index (χ4n) is 7.13. The van der Waals surface area contributed by atoms with Crippen LogP contribution in [0.4, 0.5) is 0 Å². The maximum atomic E-state index is 14.9. The lowest BCUT2D eigenvalue weighted by Crippen LogP contribution is -2.44. The van der Waals surface area contributed by atoms with Gasteiger partial charge in [-0.1, -0.05) is 48.5 Å². The molecule has 1 saturated heterocycles. The summed E-state index contributed by atoms with van der Waals surface area (Å²) in [4.78, 5) is 44.6. The monoisotopic (exact) mass is 572 g/mol. The van der Waals surface area contributed by atoms with Crippen molar-refractivity contribution < 1.29 is 28.6 Å². The largest absolute Gasteiger partial charge is 0.497 e. The van der Waals surface area contributed by atoms with Crippen molar-refractivity contribution in [1.29, 1.82) is 0 Å². The minimum absolute atomic E-state index is 0.285. The van der Waals surface area contributed by atoms with Gasteiger partial charge in [-0.25, -0.2) is 0 Å². The van der Waals surface area contributed by atoms with Crippen LogP contribution in [0, 0.1) is 5.41 Å². The fourth-order valence-corrected chi connectivity index (χ4v) is 7.13. The third kappa shape index (κ3) is 3.62. The van der Waals surface area contributed by atoms with Crippen LogP contribution in [-0.2, 0) is 0 Å². The first kappa shape index (κ1) is 26.6. The Hall–Kier alpha value is -5.24. The molecule has 3 aliphatic rings. The van der Waals surface area contributed by atoms with E-state index in [9.17, 15) is 14.4 Å². The molecular formula is C35H28N2O6. The van der Waals surface area contributed by atoms with Crippen LogP contribution in [0.1, 0.15) is 59.7 Å². The molecule has 1 fully saturated rings. The molecule has 7 rings (SSSR count). The molecule has 0 N–H and O–H groups in total. The van der Waals surface area contributed by atoms with E-state index < -0.39 is 23.4 Å². The average Bonchev–Trinajstić information content (AvgIpc) is 3.50. The Morgan fingerprint density at radius 1 is 0.744 bits per heavy atom. The second-order valence-electron chi connectivity index (χ2n) is 10.9. The molecule has 214 valence electrons. The van der Waals surface area contributed by atoms with Crippen LogP contribution < -0.4 is 14.2 Å². The lowest BCUT2D eigenvalue weighted by molar-refractivity contribution is 0.0585. The zero-order valence-corrected chi connectivity index (χ0v) is 23.8. The Morgan fingerprint density at radius 2 is 1.37 bits per heavy atom. The number of hydrazone groups is 1. The molecule has 1 aliphatic carbocycles. The average molecular weight is 573 g/mol. The zero-order chi connectivity index (χ0) is 29.9. The Bertz CT molecular complexity index is 1790. The van der Waals surface area contributed by atoms with Crippen molar-refractivity contribution in [3.05, 3.63) is 124 Å². The maximum Gasteiger partial charge on any atom is 0.187 e. The van der Waals surface area contributed by atoms with E-state index in [0.29, 0.717) is 39.5 Å². The van der Waals surface area contributed by atoms with E-state index in [2.05, 4.69) is 0 Å². The van der Waals surface area contributed by atoms with Gasteiger partial charge in [0.25, 0.3) is 0 Å². The van der Waals surface area contributed by atoms with Crippen LogP contribution in [0.25, 0.3) is 0 Å². The van der Waals surface area contributed by atoms with Gasteiger partial charge in [0, 0.05) is 28.2 Å². The molecule has 3 atom stereocenters. The lowest BCUT2D eigenvalue weighted by atomic mass is 9.62. The van der Waals surface area contributed by atoms with Gasteiger partial charge >= 0.3 is 0 Å². The number of carbonyl (C=O) groups excluding carboxylic acids is 3. The van der Waals surface area contributed by atoms with Crippen LogP contribution in [-0.4, -0.2) is 55.9 Å². The van der Waals surface area contributed by atoms with Crippen LogP contribution in [0.2, 0.25) is 0 Å². The highest BCUT2D eigenvalue weighted by molar-refractivity contribution is 6.31. The number of Topliss-reactive ketones (excluding diaryl/α,β-unsaturated/α-hetero) is 3. The first-order chi connectivity index (χ1) is 20.9. The first-order valence-corrected chi connectivity index (χ1v) is 14.0. The number of carbonyl (C=O) groups is 3. The second-order valence-corrected chi connectivity index (χ2v) is 10.9. The number of hydrogen-bond donors (Lipinski definition) is 0. The van der Waals surface area contributed by atoms with Crippen molar-refractivity contribution in [2.75, 3.05) is 21.3 Å². The Balaban J connectivity index is 1.56. The van der Waals surface area contributed by atoms with Crippen LogP contribution in [0.15, 0.2) is 96.1 Å². The number of ketones is 3. The summed E-state index contributed by atoms with van der Waals surface area (Å²) in [5.41, 5.74) is 1.41. The Kier molecular flexibility index (Phi) is 6.16. The molecule has 0 aromatic heterocycles. The van der Waals surface area contributed by atoms with E-state index >= 15 is 0 Å². The molecule has 0 amide bonds. The van der Waals surface area contributed by atoms with Crippen molar-refractivity contribution in [1.82, 2.24) is 5.01 Å². The van der Waals surface area contributed by atoms with Gasteiger partial charge in [0.1, 0.15) is 28.7 Å². The molecule has 2 heterocycles. The molecule has 0 radical (unpaired) electrons. The smallest absolute Gasteiger partial charge is 0.187 e. The number of hydrogen-bond acceptors (Lipinski definition) is 8. The van der Waals surface area contributed by atoms with E-state index in [1.54, 1.807) is 92.2 Å². The molecule has 0 bridgehead atoms. The van der Waals surface area contributed by atoms with Gasteiger partial charge in [0.05, 0.1) is 33.6 Å². The summed E-state index contributed by atoms with van der Waals surface area (Å²) in [6.45, 7) is 0. The van der Waals surface area contributed by atoms with E-state index in [-0.39, 0.29) is 17.3 Å². The van der Waals surface area contributed by atoms with Gasteiger partial charge in [-0.2, -0.15) is 5.10 Å². The number of methoxy groups -OCH3 is 3. The van der Waals surface area contributed by atoms with Gasteiger partial charge in [-0.3, -0.25) is 19.4 Å². The van der Waals surface area contributed by atoms with Crippen LogP contribution in [0.3, 0.4) is 0 Å². The molecule has 0 saturated carbocycles. The molecule has 4 aromatic carbocycles. The maximum absolute atomic E-state index is 14.9. The third-order valence-electron chi connectivity index (χ3n) is 8.99. The number of rotatable bonds is 6. The highest BCUT2D eigenvalue weighted by Gasteiger charge is 2.73. The number of fused-ring (bicyclic) bond motifs is 5. The summed E-state index contributed by atoms with van der Waals surface area (Å²) in [6.07, 6.45) is 1.69. The number of ether oxygens (including phenoxy) is 3. The SMILES string of the molecule is COc1ccc(C(=O)[C@H]2[C@H](c3cc(OC)ccc3OC)C3(C(=O)c4ccccc4C3=O)C3c4ccccc4C=NN32)cc1. The molecule has 4 aromatic rings. The van der Waals surface area contributed by atoms with Crippen molar-refractivity contribution in [2.45, 2.75) is 18.0 Å². The van der Waals surface area contributed by atoms with Crippen LogP contribution in [0.5, 0.6) is 17.2 Å². The molecule has 2 aliphatic heterocycles. The molecular weight excluding hydrogens is 544 g/mol. The summed E-state index contributed by atoms with van der Waals surface area (Å²) in [5.74, 6) is -0.396. The van der Waals surface area contributed by atoms with Crippen molar-refractivity contribution in [2.24, 2.45) is 10.5 Å². The highest BCUT2D eigenvalue weighted by Crippen LogP contribution is 2.65. The second kappa shape index (κ2) is 9.94. The number of benzene rings is 4. The van der Waals surface area contributed by atoms with E-state index in [1.807, 2.05) is 24.3 Å². The van der Waals surface area contributed by atoms with Crippen molar-refractivity contribution in [3.8, 4) is 17.2 Å². The third-order valence-corrected chi connectivity index (χ3v) is 8.99. The van der Waals surface area contributed by atoms with Gasteiger partial charge in [-0.15, -0.1) is 0 Å². The van der Waals surface area contributed by atoms with Gasteiger partial charge in [0.2, 0.25) is 0 Å². The first-order valence-electron chi connectivity index (χ1n) is 14.0. The predicted octanol–water partition coefficient (Wildman–Crippen LogP) is 5.52. The number of nitrogens with zero attached hydrogens (tertiary/aromatic N) is 2. The molecule has 1 spiro atoms. The summed E-state index contributed by atoms with van der Waals surface area (Å²) in [7, 11) is 4.63. The molecule has 8 nitrogen and oxygen atoms in total. The Morgan fingerprint density at radius 3 is 2.02 bits per heavy atom. The predicted molar refractivity (Wildman–Crippen MR) is 160 cm³/mol. The van der Waals surface area contributed by atoms with Gasteiger partial charge in [-0.05, 0) is 53.6 Å². The lowest BCUT2D eigenvalue weighted by Gasteiger charge is -2.36. The summed E-state index contributed by atoms with van der Waals surface area (Å²) in [5, 5.41) is 6.47. The van der Waals surface area contributed by atoms with Gasteiger partial charge < -0.3 is 14.2 Å². The van der Waals surface area contributed by atoms with E-state index in [1.165, 1.54) is 7.11 Å². The van der Waals surface area contributed by atoms with Gasteiger partial charge in [0.15, 0.2) is 17.3 Å². The Labute approximate surface area is 248 Å². The van der Waals surface area contributed by atoms with Crippen molar-refractivity contribution >= 4 is 23.6 Å². The molecule has 43 heavy (non-hydrogen) atoms. The zero-order valence-electron chi connectivity index (χ0n) is 23.8. The molecule has 1 unspecified atom stereocenters. The van der Waals surface area contributed by atoms with E-state index in [4.69, 9.17) is 19.3 Å². The molecule has 8 heteroatoms. The quantitative estimate of drug-likeness (QED) is 0.222. The summed E-state index contributed by atoms with van der Waals surface area (Å²) >= 11 is 0. The van der Waals surface area contributed by atoms with Crippen LogP contribution >= 0.6 is 0 Å². The highest BCUT2D eigenvalue weighted by atomic mass is 16.5. The fraction of sp³-hybridized carbons (Fsp3) is 0.200. The van der Waals surface area contributed by atoms with E-state index in [0.717, 1.165) is 11.1 Å².